The van der Waals surface area contributed by atoms with E-state index in [0.29, 0.717) is 4.57 Å². The largest absolute Gasteiger partial charge is 0.390 e. The first-order chi connectivity index (χ1) is 6.43. The van der Waals surface area contributed by atoms with Crippen molar-refractivity contribution in [1.82, 2.24) is 14.5 Å². The molecule has 0 saturated carbocycles. The molecule has 0 saturated heterocycles. The topological polar surface area (TPSA) is 108 Å². The van der Waals surface area contributed by atoms with E-state index in [-0.39, 0.29) is 0 Å². The van der Waals surface area contributed by atoms with Crippen LogP contribution in [0, 0.1) is 0 Å². The second-order valence-electron chi connectivity index (χ2n) is 2.67. The Labute approximate surface area is 82.0 Å². The molecule has 2 atom stereocenters. The van der Waals surface area contributed by atoms with Crippen LogP contribution in [0.5, 0.6) is 0 Å². The molecule has 1 heterocycles. The van der Waals surface area contributed by atoms with Crippen LogP contribution in [0.1, 0.15) is 12.4 Å². The highest BCUT2D eigenvalue weighted by molar-refractivity contribution is 6.19. The second-order valence-corrected chi connectivity index (χ2v) is 3.12. The van der Waals surface area contributed by atoms with E-state index in [1.165, 1.54) is 6.92 Å². The molecule has 0 aliphatic rings. The maximum absolute atomic E-state index is 11.1. The molecule has 1 aromatic rings. The molecule has 0 aliphatic carbocycles. The van der Waals surface area contributed by atoms with Crippen LogP contribution in [-0.2, 0) is 0 Å². The molecule has 1 aromatic heterocycles. The Morgan fingerprint density at radius 3 is 2.07 bits per heavy atom. The molecule has 0 aliphatic heterocycles. The van der Waals surface area contributed by atoms with E-state index in [4.69, 9.17) is 16.7 Å². The minimum atomic E-state index is -1.22. The van der Waals surface area contributed by atoms with Gasteiger partial charge in [0.15, 0.2) is 0 Å². The Hall–Kier alpha value is -1.34. The van der Waals surface area contributed by atoms with E-state index >= 15 is 0 Å². The van der Waals surface area contributed by atoms with E-state index in [2.05, 4.69) is 0 Å². The number of aliphatic hydroxyl groups is 1. The molecule has 0 amide bonds. The predicted molar refractivity (Wildman–Crippen MR) is 48.5 cm³/mol. The molecule has 0 aromatic carbocycles. The molecule has 2 unspecified atom stereocenters. The average Bonchev–Trinajstić information content (AvgIpc) is 2.01. The lowest BCUT2D eigenvalue weighted by molar-refractivity contribution is 0.161. The zero-order valence-electron chi connectivity index (χ0n) is 7.15. The van der Waals surface area contributed by atoms with Crippen molar-refractivity contribution >= 4 is 11.6 Å². The summed E-state index contributed by atoms with van der Waals surface area (Å²) in [6.45, 7) is 1.31. The third-order valence-corrected chi connectivity index (χ3v) is 2.08. The highest BCUT2D eigenvalue weighted by Crippen LogP contribution is 2.10. The highest BCUT2D eigenvalue weighted by Gasteiger charge is 2.17. The van der Waals surface area contributed by atoms with E-state index in [1.54, 1.807) is 0 Å². The summed E-state index contributed by atoms with van der Waals surface area (Å²) in [6, 6.07) is 0. The van der Waals surface area contributed by atoms with E-state index in [1.807, 2.05) is 9.97 Å². The van der Waals surface area contributed by atoms with Crippen LogP contribution in [0.15, 0.2) is 14.4 Å². The standard InChI is InChI=1S/C6H8ClN3O4/c1-2(11)3(7)10-5(13)8-4(12)9-6(10)14/h2-3,11H,1H3,(H2,8,9,12,13,14). The zero-order valence-corrected chi connectivity index (χ0v) is 7.91. The molecular formula is C6H8ClN3O4. The molecule has 0 fully saturated rings. The summed E-state index contributed by atoms with van der Waals surface area (Å²) < 4.78 is 0.521. The summed E-state index contributed by atoms with van der Waals surface area (Å²) in [5.41, 5.74) is -4.05. The van der Waals surface area contributed by atoms with Crippen LogP contribution in [0.4, 0.5) is 0 Å². The Kier molecular flexibility index (Phi) is 2.92. The van der Waals surface area contributed by atoms with Crippen molar-refractivity contribution in [3.63, 3.8) is 0 Å². The number of aromatic nitrogens is 3. The maximum atomic E-state index is 11.1. The Bertz CT molecular complexity index is 451. The third-order valence-electron chi connectivity index (χ3n) is 1.52. The maximum Gasteiger partial charge on any atom is 0.335 e. The first-order valence-corrected chi connectivity index (χ1v) is 4.14. The number of alkyl halides is 1. The van der Waals surface area contributed by atoms with Gasteiger partial charge >= 0.3 is 17.1 Å². The molecule has 0 radical (unpaired) electrons. The van der Waals surface area contributed by atoms with E-state index in [0.717, 1.165) is 0 Å². The van der Waals surface area contributed by atoms with Gasteiger partial charge in [-0.1, -0.05) is 11.6 Å². The number of H-pyrrole nitrogens is 2. The van der Waals surface area contributed by atoms with E-state index in [9.17, 15) is 14.4 Å². The normalized spacial score (nSPS) is 15.1. The van der Waals surface area contributed by atoms with Crippen molar-refractivity contribution in [1.29, 1.82) is 0 Å². The predicted octanol–water partition coefficient (Wildman–Crippen LogP) is -1.66. The van der Waals surface area contributed by atoms with Crippen molar-refractivity contribution in [2.45, 2.75) is 18.5 Å². The smallest absolute Gasteiger partial charge is 0.335 e. The molecule has 14 heavy (non-hydrogen) atoms. The molecular weight excluding hydrogens is 214 g/mol. The quantitative estimate of drug-likeness (QED) is 0.520. The second kappa shape index (κ2) is 3.81. The van der Waals surface area contributed by atoms with Gasteiger partial charge in [-0.2, -0.15) is 0 Å². The zero-order chi connectivity index (χ0) is 10.9. The van der Waals surface area contributed by atoms with Gasteiger partial charge in [0.05, 0.1) is 6.10 Å². The van der Waals surface area contributed by atoms with Gasteiger partial charge in [-0.25, -0.2) is 19.0 Å². The van der Waals surface area contributed by atoms with Crippen LogP contribution in [0.25, 0.3) is 0 Å². The average molecular weight is 222 g/mol. The van der Waals surface area contributed by atoms with Gasteiger partial charge < -0.3 is 5.11 Å². The fourth-order valence-electron chi connectivity index (χ4n) is 0.878. The number of aromatic amines is 2. The van der Waals surface area contributed by atoms with Crippen molar-refractivity contribution < 1.29 is 5.11 Å². The fourth-order valence-corrected chi connectivity index (χ4v) is 1.06. The van der Waals surface area contributed by atoms with Gasteiger partial charge in [-0.15, -0.1) is 0 Å². The Morgan fingerprint density at radius 2 is 1.71 bits per heavy atom. The molecule has 0 bridgehead atoms. The lowest BCUT2D eigenvalue weighted by atomic mass is 10.4. The van der Waals surface area contributed by atoms with Crippen LogP contribution in [-0.4, -0.2) is 25.7 Å². The van der Waals surface area contributed by atoms with Gasteiger partial charge in [0, 0.05) is 0 Å². The van der Waals surface area contributed by atoms with Gasteiger partial charge in [0.1, 0.15) is 5.50 Å². The van der Waals surface area contributed by atoms with Crippen molar-refractivity contribution in [3.8, 4) is 0 Å². The minimum Gasteiger partial charge on any atom is -0.390 e. The number of hydrogen-bond acceptors (Lipinski definition) is 4. The third kappa shape index (κ3) is 1.94. The fraction of sp³-hybridized carbons (Fsp3) is 0.500. The first kappa shape index (κ1) is 10.7. The van der Waals surface area contributed by atoms with Crippen molar-refractivity contribution in [2.24, 2.45) is 0 Å². The van der Waals surface area contributed by atoms with Gasteiger partial charge in [0.25, 0.3) is 0 Å². The first-order valence-electron chi connectivity index (χ1n) is 3.70. The summed E-state index contributed by atoms with van der Waals surface area (Å²) in [5, 5.41) is 9.06. The SMILES string of the molecule is CC(O)C(Cl)n1c(=O)[nH]c(=O)[nH]c1=O. The lowest BCUT2D eigenvalue weighted by Crippen LogP contribution is -2.45. The van der Waals surface area contributed by atoms with Crippen molar-refractivity contribution in [2.75, 3.05) is 0 Å². The number of halogens is 1. The lowest BCUT2D eigenvalue weighted by Gasteiger charge is -2.12. The van der Waals surface area contributed by atoms with Crippen LogP contribution in [0.2, 0.25) is 0 Å². The molecule has 78 valence electrons. The number of nitrogens with one attached hydrogen (secondary N) is 2. The van der Waals surface area contributed by atoms with Crippen LogP contribution < -0.4 is 17.1 Å². The Morgan fingerprint density at radius 1 is 1.29 bits per heavy atom. The number of nitrogens with zero attached hydrogens (tertiary/aromatic N) is 1. The van der Waals surface area contributed by atoms with Crippen LogP contribution in [0.3, 0.4) is 0 Å². The van der Waals surface area contributed by atoms with Gasteiger partial charge in [-0.3, -0.25) is 9.97 Å². The molecule has 1 rings (SSSR count). The molecule has 8 heteroatoms. The van der Waals surface area contributed by atoms with Crippen molar-refractivity contribution in [3.05, 3.63) is 31.5 Å². The molecule has 7 nitrogen and oxygen atoms in total. The molecule has 0 spiro atoms. The summed E-state index contributed by atoms with van der Waals surface area (Å²) in [5.74, 6) is 0. The summed E-state index contributed by atoms with van der Waals surface area (Å²) in [4.78, 5) is 36.5. The monoisotopic (exact) mass is 221 g/mol. The summed E-state index contributed by atoms with van der Waals surface area (Å²) in [6.07, 6.45) is -1.10. The minimum absolute atomic E-state index is 0.521. The van der Waals surface area contributed by atoms with Gasteiger partial charge in [0.2, 0.25) is 0 Å². The molecule has 3 N–H and O–H groups in total. The number of hydrogen-bond donors (Lipinski definition) is 3. The van der Waals surface area contributed by atoms with Crippen LogP contribution >= 0.6 is 11.6 Å². The number of rotatable bonds is 2. The number of aliphatic hydroxyl groups excluding tert-OH is 1. The van der Waals surface area contributed by atoms with E-state index < -0.39 is 28.7 Å². The summed E-state index contributed by atoms with van der Waals surface area (Å²) >= 11 is 5.57. The Balaban J connectivity index is 3.43. The highest BCUT2D eigenvalue weighted by atomic mass is 35.5. The van der Waals surface area contributed by atoms with Gasteiger partial charge in [-0.05, 0) is 6.92 Å². The summed E-state index contributed by atoms with van der Waals surface area (Å²) in [7, 11) is 0.